The first kappa shape index (κ1) is 15.0. The number of benzene rings is 1. The molecular formula is C17H26N2O. The largest absolute Gasteiger partial charge is 0.371 e. The zero-order valence-corrected chi connectivity index (χ0v) is 12.9. The summed E-state index contributed by atoms with van der Waals surface area (Å²) >= 11 is 0. The first-order chi connectivity index (χ1) is 9.74. The van der Waals surface area contributed by atoms with E-state index in [9.17, 15) is 0 Å². The summed E-state index contributed by atoms with van der Waals surface area (Å²) < 4.78 is 5.91. The second kappa shape index (κ2) is 6.89. The number of hydrogen-bond acceptors (Lipinski definition) is 3. The van der Waals surface area contributed by atoms with Crippen molar-refractivity contribution in [2.45, 2.75) is 39.7 Å². The minimum Gasteiger partial charge on any atom is -0.371 e. The lowest BCUT2D eigenvalue weighted by Crippen LogP contribution is -2.46. The van der Waals surface area contributed by atoms with Crippen molar-refractivity contribution in [3.63, 3.8) is 0 Å². The van der Waals surface area contributed by atoms with Crippen molar-refractivity contribution in [1.82, 2.24) is 5.32 Å². The van der Waals surface area contributed by atoms with Crippen LogP contribution in [0.25, 0.3) is 0 Å². The molecule has 0 aromatic heterocycles. The van der Waals surface area contributed by atoms with Gasteiger partial charge in [-0.15, -0.1) is 0 Å². The molecule has 0 saturated heterocycles. The summed E-state index contributed by atoms with van der Waals surface area (Å²) in [6.07, 6.45) is 2.27. The number of aliphatic imine (C=N–C) groups is 1. The van der Waals surface area contributed by atoms with Gasteiger partial charge < -0.3 is 10.1 Å². The Balaban J connectivity index is 2.18. The number of ether oxygens (including phenoxy) is 1. The summed E-state index contributed by atoms with van der Waals surface area (Å²) in [7, 11) is 0. The van der Waals surface area contributed by atoms with Crippen molar-refractivity contribution < 1.29 is 4.74 Å². The van der Waals surface area contributed by atoms with Crippen LogP contribution in [0.2, 0.25) is 0 Å². The number of amidine groups is 1. The third kappa shape index (κ3) is 3.21. The van der Waals surface area contributed by atoms with Crippen molar-refractivity contribution in [3.05, 3.63) is 35.9 Å². The van der Waals surface area contributed by atoms with Gasteiger partial charge in [-0.1, -0.05) is 44.2 Å². The van der Waals surface area contributed by atoms with Gasteiger partial charge in [0.2, 0.25) is 0 Å². The van der Waals surface area contributed by atoms with Crippen LogP contribution in [0.15, 0.2) is 35.3 Å². The average molecular weight is 274 g/mol. The van der Waals surface area contributed by atoms with E-state index in [2.05, 4.69) is 31.3 Å². The fraction of sp³-hybridized carbons (Fsp3) is 0.588. The third-order valence-electron chi connectivity index (χ3n) is 4.41. The van der Waals surface area contributed by atoms with Gasteiger partial charge >= 0.3 is 0 Å². The molecule has 1 atom stereocenters. The Morgan fingerprint density at radius 3 is 2.40 bits per heavy atom. The van der Waals surface area contributed by atoms with Crippen molar-refractivity contribution in [1.29, 1.82) is 0 Å². The van der Waals surface area contributed by atoms with Crippen molar-refractivity contribution >= 4 is 5.84 Å². The van der Waals surface area contributed by atoms with Crippen molar-refractivity contribution in [3.8, 4) is 0 Å². The molecule has 2 rings (SSSR count). The molecule has 1 aliphatic rings. The van der Waals surface area contributed by atoms with Gasteiger partial charge in [-0.05, 0) is 25.3 Å². The second-order valence-corrected chi connectivity index (χ2v) is 5.51. The Morgan fingerprint density at radius 2 is 1.90 bits per heavy atom. The number of nitrogens with zero attached hydrogens (tertiary/aromatic N) is 1. The molecule has 1 N–H and O–H groups in total. The van der Waals surface area contributed by atoms with Crippen LogP contribution in [0.1, 0.15) is 45.3 Å². The lowest BCUT2D eigenvalue weighted by Gasteiger charge is -2.36. The van der Waals surface area contributed by atoms with Gasteiger partial charge in [0, 0.05) is 25.1 Å². The molecule has 3 nitrogen and oxygen atoms in total. The van der Waals surface area contributed by atoms with E-state index in [1.54, 1.807) is 0 Å². The van der Waals surface area contributed by atoms with Crippen LogP contribution in [0.5, 0.6) is 0 Å². The number of nitrogens with one attached hydrogen (secondary N) is 1. The maximum Gasteiger partial charge on any atom is 0.139 e. The normalized spacial score (nSPS) is 19.1. The van der Waals surface area contributed by atoms with Gasteiger partial charge in [0.1, 0.15) is 11.9 Å². The lowest BCUT2D eigenvalue weighted by atomic mass is 9.81. The Kier molecular flexibility index (Phi) is 5.18. The van der Waals surface area contributed by atoms with Crippen molar-refractivity contribution in [2.75, 3.05) is 19.7 Å². The smallest absolute Gasteiger partial charge is 0.139 e. The summed E-state index contributed by atoms with van der Waals surface area (Å²) in [4.78, 5) is 4.80. The molecule has 0 fully saturated rings. The van der Waals surface area contributed by atoms with E-state index in [0.717, 1.165) is 31.8 Å². The Bertz CT molecular complexity index is 438. The molecule has 3 heteroatoms. The van der Waals surface area contributed by atoms with Gasteiger partial charge in [-0.2, -0.15) is 0 Å². The molecule has 1 aromatic rings. The molecule has 0 radical (unpaired) electrons. The molecule has 1 heterocycles. The minimum absolute atomic E-state index is 0.0621. The van der Waals surface area contributed by atoms with E-state index < -0.39 is 0 Å². The summed E-state index contributed by atoms with van der Waals surface area (Å²) in [5.41, 5.74) is 1.48. The molecule has 0 amide bonds. The van der Waals surface area contributed by atoms with Gasteiger partial charge in [0.25, 0.3) is 0 Å². The van der Waals surface area contributed by atoms with Crippen LogP contribution >= 0.6 is 0 Å². The molecule has 0 bridgehead atoms. The topological polar surface area (TPSA) is 33.6 Å². The Labute approximate surface area is 122 Å². The van der Waals surface area contributed by atoms with Crippen LogP contribution in [0, 0.1) is 5.41 Å². The van der Waals surface area contributed by atoms with E-state index in [1.807, 2.05) is 25.1 Å². The summed E-state index contributed by atoms with van der Waals surface area (Å²) in [6.45, 7) is 9.12. The highest BCUT2D eigenvalue weighted by molar-refractivity contribution is 5.88. The number of rotatable bonds is 6. The maximum atomic E-state index is 5.91. The third-order valence-corrected chi connectivity index (χ3v) is 4.41. The zero-order valence-electron chi connectivity index (χ0n) is 12.9. The SMILES string of the molecule is CCOC(C1=NCC(CC)(CC)CN1)c1ccccc1. The van der Waals surface area contributed by atoms with Crippen LogP contribution in [0.3, 0.4) is 0 Å². The Morgan fingerprint density at radius 1 is 1.20 bits per heavy atom. The Hall–Kier alpha value is -1.35. The van der Waals surface area contributed by atoms with E-state index in [0.29, 0.717) is 12.0 Å². The number of hydrogen-bond donors (Lipinski definition) is 1. The average Bonchev–Trinajstić information content (AvgIpc) is 2.54. The predicted molar refractivity (Wildman–Crippen MR) is 84.1 cm³/mol. The highest BCUT2D eigenvalue weighted by Gasteiger charge is 2.32. The fourth-order valence-electron chi connectivity index (χ4n) is 2.67. The van der Waals surface area contributed by atoms with E-state index in [-0.39, 0.29) is 6.10 Å². The molecular weight excluding hydrogens is 248 g/mol. The van der Waals surface area contributed by atoms with E-state index in [1.165, 1.54) is 5.56 Å². The highest BCUT2D eigenvalue weighted by atomic mass is 16.5. The first-order valence-corrected chi connectivity index (χ1v) is 7.69. The monoisotopic (exact) mass is 274 g/mol. The molecule has 0 saturated carbocycles. The second-order valence-electron chi connectivity index (χ2n) is 5.51. The maximum absolute atomic E-state index is 5.91. The molecule has 110 valence electrons. The van der Waals surface area contributed by atoms with E-state index >= 15 is 0 Å². The zero-order chi connectivity index (χ0) is 14.4. The first-order valence-electron chi connectivity index (χ1n) is 7.69. The molecule has 20 heavy (non-hydrogen) atoms. The van der Waals surface area contributed by atoms with Gasteiger partial charge in [0.15, 0.2) is 0 Å². The molecule has 0 aliphatic carbocycles. The van der Waals surface area contributed by atoms with Crippen molar-refractivity contribution in [2.24, 2.45) is 10.4 Å². The fourth-order valence-corrected chi connectivity index (χ4v) is 2.67. The molecule has 0 spiro atoms. The predicted octanol–water partition coefficient (Wildman–Crippen LogP) is 3.57. The minimum atomic E-state index is -0.0621. The molecule has 1 aromatic carbocycles. The molecule has 1 aliphatic heterocycles. The summed E-state index contributed by atoms with van der Waals surface area (Å²) in [5, 5.41) is 3.52. The van der Waals surface area contributed by atoms with Gasteiger partial charge in [0.05, 0.1) is 0 Å². The van der Waals surface area contributed by atoms with Crippen LogP contribution in [-0.2, 0) is 4.74 Å². The highest BCUT2D eigenvalue weighted by Crippen LogP contribution is 2.30. The van der Waals surface area contributed by atoms with Crippen LogP contribution in [0.4, 0.5) is 0 Å². The standard InChI is InChI=1S/C17H26N2O/c1-4-17(5-2)12-18-16(19-13-17)15(20-6-3)14-10-8-7-9-11-14/h7-11,15H,4-6,12-13H2,1-3H3,(H,18,19). The van der Waals surface area contributed by atoms with Crippen LogP contribution < -0.4 is 5.32 Å². The van der Waals surface area contributed by atoms with Gasteiger partial charge in [-0.25, -0.2) is 0 Å². The quantitative estimate of drug-likeness (QED) is 0.860. The summed E-state index contributed by atoms with van der Waals surface area (Å²) in [6, 6.07) is 10.3. The lowest BCUT2D eigenvalue weighted by molar-refractivity contribution is 0.104. The summed E-state index contributed by atoms with van der Waals surface area (Å²) in [5.74, 6) is 0.982. The van der Waals surface area contributed by atoms with Crippen LogP contribution in [-0.4, -0.2) is 25.5 Å². The van der Waals surface area contributed by atoms with E-state index in [4.69, 9.17) is 9.73 Å². The van der Waals surface area contributed by atoms with Gasteiger partial charge in [-0.3, -0.25) is 4.99 Å². The molecule has 1 unspecified atom stereocenters.